The molecule has 0 atom stereocenters. The number of likely N-dealkylation sites (tertiary alicyclic amines) is 1. The standard InChI is InChI=1S/C13H18N2O2/c1-14-7-10-8-15(9-10)13(16)11-4-3-5-12(6-11)17-2/h3-6,10,14H,7-9H2,1-2H3. The van der Waals surface area contributed by atoms with Gasteiger partial charge in [-0.2, -0.15) is 0 Å². The summed E-state index contributed by atoms with van der Waals surface area (Å²) in [5.41, 5.74) is 0.701. The van der Waals surface area contributed by atoms with Crippen molar-refractivity contribution in [2.75, 3.05) is 33.8 Å². The maximum Gasteiger partial charge on any atom is 0.254 e. The Morgan fingerprint density at radius 2 is 2.29 bits per heavy atom. The average molecular weight is 234 g/mol. The predicted molar refractivity (Wildman–Crippen MR) is 66.3 cm³/mol. The Morgan fingerprint density at radius 1 is 1.53 bits per heavy atom. The van der Waals surface area contributed by atoms with E-state index in [1.165, 1.54) is 0 Å². The van der Waals surface area contributed by atoms with Crippen molar-refractivity contribution in [2.24, 2.45) is 5.92 Å². The number of hydrogen-bond acceptors (Lipinski definition) is 3. The Labute approximate surface area is 102 Å². The molecular weight excluding hydrogens is 216 g/mol. The second-order valence-electron chi connectivity index (χ2n) is 4.37. The fraction of sp³-hybridized carbons (Fsp3) is 0.462. The van der Waals surface area contributed by atoms with Crippen LogP contribution in [0.4, 0.5) is 0 Å². The molecular formula is C13H18N2O2. The predicted octanol–water partition coefficient (Wildman–Crippen LogP) is 0.987. The van der Waals surface area contributed by atoms with Gasteiger partial charge in [-0.25, -0.2) is 0 Å². The summed E-state index contributed by atoms with van der Waals surface area (Å²) in [6, 6.07) is 7.30. The smallest absolute Gasteiger partial charge is 0.254 e. The van der Waals surface area contributed by atoms with E-state index in [1.807, 2.05) is 30.1 Å². The molecule has 1 heterocycles. The van der Waals surface area contributed by atoms with Crippen LogP contribution in [-0.4, -0.2) is 44.6 Å². The maximum atomic E-state index is 12.1. The molecule has 0 unspecified atom stereocenters. The summed E-state index contributed by atoms with van der Waals surface area (Å²) < 4.78 is 5.12. The highest BCUT2D eigenvalue weighted by Crippen LogP contribution is 2.20. The van der Waals surface area contributed by atoms with Crippen molar-refractivity contribution < 1.29 is 9.53 Å². The van der Waals surface area contributed by atoms with Crippen molar-refractivity contribution in [2.45, 2.75) is 0 Å². The lowest BCUT2D eigenvalue weighted by atomic mass is 9.99. The fourth-order valence-electron chi connectivity index (χ4n) is 2.09. The molecule has 2 rings (SSSR count). The average Bonchev–Trinajstić information content (AvgIpc) is 2.32. The Morgan fingerprint density at radius 3 is 2.94 bits per heavy atom. The summed E-state index contributed by atoms with van der Waals surface area (Å²) >= 11 is 0. The van der Waals surface area contributed by atoms with Gasteiger partial charge in [-0.1, -0.05) is 6.07 Å². The van der Waals surface area contributed by atoms with Crippen LogP contribution in [0, 0.1) is 5.92 Å². The van der Waals surface area contributed by atoms with Crippen molar-refractivity contribution in [1.82, 2.24) is 10.2 Å². The molecule has 1 amide bonds. The molecule has 0 aliphatic carbocycles. The number of nitrogens with one attached hydrogen (secondary N) is 1. The second kappa shape index (κ2) is 5.19. The van der Waals surface area contributed by atoms with Gasteiger partial charge in [0.15, 0.2) is 0 Å². The lowest BCUT2D eigenvalue weighted by Gasteiger charge is -2.39. The van der Waals surface area contributed by atoms with Gasteiger partial charge in [0, 0.05) is 31.1 Å². The van der Waals surface area contributed by atoms with Crippen LogP contribution in [-0.2, 0) is 0 Å². The highest BCUT2D eigenvalue weighted by atomic mass is 16.5. The first-order valence-corrected chi connectivity index (χ1v) is 5.82. The van der Waals surface area contributed by atoms with Gasteiger partial charge in [-0.15, -0.1) is 0 Å². The van der Waals surface area contributed by atoms with E-state index in [0.717, 1.165) is 25.4 Å². The molecule has 1 aliphatic heterocycles. The topological polar surface area (TPSA) is 41.6 Å². The zero-order valence-electron chi connectivity index (χ0n) is 10.3. The molecule has 1 aromatic carbocycles. The summed E-state index contributed by atoms with van der Waals surface area (Å²) in [4.78, 5) is 14.0. The Hall–Kier alpha value is -1.55. The molecule has 0 aromatic heterocycles. The van der Waals surface area contributed by atoms with Crippen LogP contribution in [0.15, 0.2) is 24.3 Å². The highest BCUT2D eigenvalue weighted by Gasteiger charge is 2.30. The molecule has 1 aliphatic rings. The first-order chi connectivity index (χ1) is 8.24. The Bertz CT molecular complexity index is 400. The number of nitrogens with zero attached hydrogens (tertiary/aromatic N) is 1. The minimum atomic E-state index is 0.0938. The van der Waals surface area contributed by atoms with Crippen LogP contribution in [0.3, 0.4) is 0 Å². The number of carbonyl (C=O) groups is 1. The van der Waals surface area contributed by atoms with E-state index < -0.39 is 0 Å². The van der Waals surface area contributed by atoms with Gasteiger partial charge in [0.05, 0.1) is 7.11 Å². The van der Waals surface area contributed by atoms with E-state index in [1.54, 1.807) is 13.2 Å². The van der Waals surface area contributed by atoms with Crippen LogP contribution in [0.2, 0.25) is 0 Å². The van der Waals surface area contributed by atoms with E-state index in [-0.39, 0.29) is 5.91 Å². The van der Waals surface area contributed by atoms with Crippen LogP contribution in [0.5, 0.6) is 5.75 Å². The van der Waals surface area contributed by atoms with E-state index in [4.69, 9.17) is 4.74 Å². The van der Waals surface area contributed by atoms with Crippen LogP contribution < -0.4 is 10.1 Å². The van der Waals surface area contributed by atoms with Gasteiger partial charge in [0.25, 0.3) is 5.91 Å². The van der Waals surface area contributed by atoms with E-state index in [9.17, 15) is 4.79 Å². The molecule has 0 spiro atoms. The second-order valence-corrected chi connectivity index (χ2v) is 4.37. The molecule has 0 bridgehead atoms. The highest BCUT2D eigenvalue weighted by molar-refractivity contribution is 5.95. The number of carbonyl (C=O) groups excluding carboxylic acids is 1. The van der Waals surface area contributed by atoms with E-state index in [0.29, 0.717) is 11.5 Å². The number of ether oxygens (including phenoxy) is 1. The summed E-state index contributed by atoms with van der Waals surface area (Å²) in [6.45, 7) is 2.66. The molecule has 17 heavy (non-hydrogen) atoms. The molecule has 0 saturated carbocycles. The van der Waals surface area contributed by atoms with Gasteiger partial charge in [0.1, 0.15) is 5.75 Å². The molecule has 4 nitrogen and oxygen atoms in total. The summed E-state index contributed by atoms with van der Waals surface area (Å²) in [5, 5.41) is 3.13. The molecule has 4 heteroatoms. The van der Waals surface area contributed by atoms with Crippen LogP contribution in [0.25, 0.3) is 0 Å². The first-order valence-electron chi connectivity index (χ1n) is 5.82. The molecule has 92 valence electrons. The number of methoxy groups -OCH3 is 1. The zero-order valence-corrected chi connectivity index (χ0v) is 10.3. The van der Waals surface area contributed by atoms with Gasteiger partial charge in [0.2, 0.25) is 0 Å². The largest absolute Gasteiger partial charge is 0.497 e. The van der Waals surface area contributed by atoms with Crippen molar-refractivity contribution in [1.29, 1.82) is 0 Å². The third-order valence-electron chi connectivity index (χ3n) is 3.05. The lowest BCUT2D eigenvalue weighted by molar-refractivity contribution is 0.0504. The SMILES string of the molecule is CNCC1CN(C(=O)c2cccc(OC)c2)C1. The quantitative estimate of drug-likeness (QED) is 0.844. The fourth-order valence-corrected chi connectivity index (χ4v) is 2.09. The molecule has 1 saturated heterocycles. The first kappa shape index (κ1) is 11.9. The van der Waals surface area contributed by atoms with Gasteiger partial charge in [-0.3, -0.25) is 4.79 Å². The third kappa shape index (κ3) is 2.58. The van der Waals surface area contributed by atoms with E-state index >= 15 is 0 Å². The van der Waals surface area contributed by atoms with Crippen molar-refractivity contribution >= 4 is 5.91 Å². The lowest BCUT2D eigenvalue weighted by Crippen LogP contribution is -2.52. The summed E-state index contributed by atoms with van der Waals surface area (Å²) in [6.07, 6.45) is 0. The summed E-state index contributed by atoms with van der Waals surface area (Å²) in [7, 11) is 3.54. The third-order valence-corrected chi connectivity index (χ3v) is 3.05. The Balaban J connectivity index is 1.96. The van der Waals surface area contributed by atoms with Gasteiger partial charge < -0.3 is 15.0 Å². The number of hydrogen-bond donors (Lipinski definition) is 1. The minimum Gasteiger partial charge on any atom is -0.497 e. The van der Waals surface area contributed by atoms with Crippen LogP contribution >= 0.6 is 0 Å². The van der Waals surface area contributed by atoms with Crippen molar-refractivity contribution in [3.8, 4) is 5.75 Å². The Kier molecular flexibility index (Phi) is 3.64. The maximum absolute atomic E-state index is 12.1. The van der Waals surface area contributed by atoms with Crippen LogP contribution in [0.1, 0.15) is 10.4 Å². The molecule has 1 fully saturated rings. The van der Waals surface area contributed by atoms with Crippen molar-refractivity contribution in [3.05, 3.63) is 29.8 Å². The minimum absolute atomic E-state index is 0.0938. The monoisotopic (exact) mass is 234 g/mol. The van der Waals surface area contributed by atoms with Gasteiger partial charge in [-0.05, 0) is 25.2 Å². The molecule has 0 radical (unpaired) electrons. The summed E-state index contributed by atoms with van der Waals surface area (Å²) in [5.74, 6) is 1.41. The number of amides is 1. The zero-order chi connectivity index (χ0) is 12.3. The number of rotatable bonds is 4. The normalized spacial score (nSPS) is 15.5. The van der Waals surface area contributed by atoms with Crippen molar-refractivity contribution in [3.63, 3.8) is 0 Å². The van der Waals surface area contributed by atoms with Gasteiger partial charge >= 0.3 is 0 Å². The molecule has 1 N–H and O–H groups in total. The molecule has 1 aromatic rings. The van der Waals surface area contributed by atoms with E-state index in [2.05, 4.69) is 5.32 Å². The number of benzene rings is 1.